The summed E-state index contributed by atoms with van der Waals surface area (Å²) in [6.07, 6.45) is 5.74. The minimum Gasteiger partial charge on any atom is -0.450 e. The Morgan fingerprint density at radius 2 is 1.96 bits per heavy atom. The summed E-state index contributed by atoms with van der Waals surface area (Å²) in [5.74, 6) is 1.71. The lowest BCUT2D eigenvalue weighted by Gasteiger charge is -2.14. The fraction of sp³-hybridized carbons (Fsp3) is 0.300. The van der Waals surface area contributed by atoms with Crippen LogP contribution < -0.4 is 4.74 Å². The molecule has 0 bridgehead atoms. The highest BCUT2D eigenvalue weighted by Crippen LogP contribution is 2.27. The maximum Gasteiger partial charge on any atom is 0.409 e. The van der Waals surface area contributed by atoms with Crippen LogP contribution in [0.4, 0.5) is 4.79 Å². The van der Waals surface area contributed by atoms with Crippen molar-refractivity contribution in [1.82, 2.24) is 24.8 Å². The number of aromatic amines is 1. The van der Waals surface area contributed by atoms with Crippen molar-refractivity contribution in [2.75, 3.05) is 19.7 Å². The summed E-state index contributed by atoms with van der Waals surface area (Å²) in [5.41, 5.74) is 1.65. The molecule has 1 fully saturated rings. The summed E-state index contributed by atoms with van der Waals surface area (Å²) in [4.78, 5) is 29.9. The molecule has 1 N–H and O–H groups in total. The molecule has 8 heteroatoms. The van der Waals surface area contributed by atoms with Gasteiger partial charge in [0.25, 0.3) is 0 Å². The van der Waals surface area contributed by atoms with Crippen molar-refractivity contribution in [3.8, 4) is 23.0 Å². The van der Waals surface area contributed by atoms with Crippen molar-refractivity contribution in [3.63, 3.8) is 0 Å². The fourth-order valence-corrected chi connectivity index (χ4v) is 3.16. The molecule has 144 valence electrons. The van der Waals surface area contributed by atoms with Gasteiger partial charge < -0.3 is 19.4 Å². The van der Waals surface area contributed by atoms with E-state index in [1.165, 1.54) is 0 Å². The van der Waals surface area contributed by atoms with Gasteiger partial charge in [0.05, 0.1) is 18.5 Å². The second kappa shape index (κ2) is 8.08. The Bertz CT molecular complexity index is 927. The second-order valence-electron chi connectivity index (χ2n) is 6.48. The molecule has 0 radical (unpaired) electrons. The Balaban J connectivity index is 1.41. The van der Waals surface area contributed by atoms with E-state index < -0.39 is 0 Å². The third-order valence-electron chi connectivity index (χ3n) is 4.59. The van der Waals surface area contributed by atoms with Gasteiger partial charge in [-0.05, 0) is 25.5 Å². The highest BCUT2D eigenvalue weighted by Gasteiger charge is 2.29. The zero-order valence-electron chi connectivity index (χ0n) is 15.5. The average Bonchev–Trinajstić information content (AvgIpc) is 3.39. The van der Waals surface area contributed by atoms with Crippen LogP contribution in [0.15, 0.2) is 48.9 Å². The predicted molar refractivity (Wildman–Crippen MR) is 102 cm³/mol. The largest absolute Gasteiger partial charge is 0.450 e. The highest BCUT2D eigenvalue weighted by molar-refractivity contribution is 5.68. The fourth-order valence-electron chi connectivity index (χ4n) is 3.16. The molecule has 1 aliphatic rings. The number of hydrogen-bond acceptors (Lipinski definition) is 6. The van der Waals surface area contributed by atoms with Crippen LogP contribution in [0.1, 0.15) is 25.1 Å². The van der Waals surface area contributed by atoms with Crippen LogP contribution in [0.25, 0.3) is 11.3 Å². The number of H-pyrrole nitrogens is 1. The quantitative estimate of drug-likeness (QED) is 0.728. The van der Waals surface area contributed by atoms with Crippen LogP contribution >= 0.6 is 0 Å². The summed E-state index contributed by atoms with van der Waals surface area (Å²) in [6.45, 7) is 3.47. The molecule has 1 aromatic carbocycles. The number of carbonyl (C=O) groups is 1. The van der Waals surface area contributed by atoms with E-state index in [9.17, 15) is 4.79 Å². The van der Waals surface area contributed by atoms with E-state index in [0.29, 0.717) is 25.4 Å². The lowest BCUT2D eigenvalue weighted by molar-refractivity contribution is 0.115. The molecule has 1 unspecified atom stereocenters. The van der Waals surface area contributed by atoms with Gasteiger partial charge in [-0.25, -0.2) is 19.7 Å². The summed E-state index contributed by atoms with van der Waals surface area (Å²) < 4.78 is 10.7. The van der Waals surface area contributed by atoms with E-state index in [4.69, 9.17) is 9.47 Å². The molecular formula is C20H21N5O3. The molecule has 2 aromatic heterocycles. The molecule has 3 aromatic rings. The maximum absolute atomic E-state index is 11.9. The van der Waals surface area contributed by atoms with Gasteiger partial charge >= 0.3 is 12.1 Å². The van der Waals surface area contributed by atoms with Gasteiger partial charge in [-0.3, -0.25) is 0 Å². The summed E-state index contributed by atoms with van der Waals surface area (Å²) >= 11 is 0. The number of nitrogens with one attached hydrogen (secondary N) is 1. The Hall–Kier alpha value is -3.42. The molecule has 1 amide bonds. The number of aromatic nitrogens is 4. The van der Waals surface area contributed by atoms with Crippen LogP contribution in [-0.4, -0.2) is 50.6 Å². The Kier molecular flexibility index (Phi) is 5.18. The van der Waals surface area contributed by atoms with Crippen molar-refractivity contribution in [2.24, 2.45) is 0 Å². The number of rotatable bonds is 5. The van der Waals surface area contributed by atoms with E-state index >= 15 is 0 Å². The van der Waals surface area contributed by atoms with Crippen LogP contribution in [0, 0.1) is 0 Å². The van der Waals surface area contributed by atoms with Gasteiger partial charge in [0.15, 0.2) is 0 Å². The first-order chi connectivity index (χ1) is 13.7. The van der Waals surface area contributed by atoms with E-state index in [0.717, 1.165) is 23.5 Å². The van der Waals surface area contributed by atoms with Crippen molar-refractivity contribution < 1.29 is 14.3 Å². The molecule has 1 saturated heterocycles. The normalized spacial score (nSPS) is 16.2. The number of para-hydroxylation sites is 1. The molecule has 1 aliphatic heterocycles. The first kappa shape index (κ1) is 18.0. The topological polar surface area (TPSA) is 93.2 Å². The molecule has 1 atom stereocenters. The first-order valence-electron chi connectivity index (χ1n) is 9.25. The third kappa shape index (κ3) is 3.95. The predicted octanol–water partition coefficient (Wildman–Crippen LogP) is 3.60. The summed E-state index contributed by atoms with van der Waals surface area (Å²) in [5, 5.41) is 0. The zero-order valence-corrected chi connectivity index (χ0v) is 15.5. The lowest BCUT2D eigenvalue weighted by atomic mass is 10.1. The van der Waals surface area contributed by atoms with Gasteiger partial charge in [-0.15, -0.1) is 0 Å². The number of nitrogens with zero attached hydrogens (tertiary/aromatic N) is 4. The Morgan fingerprint density at radius 3 is 2.71 bits per heavy atom. The minimum atomic E-state index is -0.265. The molecule has 0 spiro atoms. The number of benzene rings is 1. The maximum atomic E-state index is 11.9. The standard InChI is InChI=1S/C20H21N5O3/c1-2-27-20(26)25-9-8-14(13-25)18-21-12-17(24-18)15-10-22-19(23-11-15)28-16-6-4-3-5-7-16/h3-7,10-12,14H,2,8-9,13H2,1H3,(H,21,24). The molecule has 8 nitrogen and oxygen atoms in total. The van der Waals surface area contributed by atoms with Crippen LogP contribution in [-0.2, 0) is 4.74 Å². The van der Waals surface area contributed by atoms with Crippen molar-refractivity contribution in [1.29, 1.82) is 0 Å². The number of carbonyl (C=O) groups excluding carboxylic acids is 1. The number of ether oxygens (including phenoxy) is 2. The molecule has 0 saturated carbocycles. The monoisotopic (exact) mass is 379 g/mol. The van der Waals surface area contributed by atoms with Crippen LogP contribution in [0.3, 0.4) is 0 Å². The number of hydrogen-bond donors (Lipinski definition) is 1. The highest BCUT2D eigenvalue weighted by atomic mass is 16.6. The number of amides is 1. The van der Waals surface area contributed by atoms with Crippen molar-refractivity contribution >= 4 is 6.09 Å². The van der Waals surface area contributed by atoms with Gasteiger partial charge in [0.1, 0.15) is 11.6 Å². The van der Waals surface area contributed by atoms with Gasteiger partial charge in [-0.2, -0.15) is 0 Å². The smallest absolute Gasteiger partial charge is 0.409 e. The number of likely N-dealkylation sites (tertiary alicyclic amines) is 1. The molecular weight excluding hydrogens is 358 g/mol. The molecule has 28 heavy (non-hydrogen) atoms. The van der Waals surface area contributed by atoms with Crippen molar-refractivity contribution in [2.45, 2.75) is 19.3 Å². The van der Waals surface area contributed by atoms with Crippen LogP contribution in [0.2, 0.25) is 0 Å². The minimum absolute atomic E-state index is 0.166. The molecule has 4 rings (SSSR count). The lowest BCUT2D eigenvalue weighted by Crippen LogP contribution is -2.29. The van der Waals surface area contributed by atoms with E-state index in [2.05, 4.69) is 19.9 Å². The third-order valence-corrected chi connectivity index (χ3v) is 4.59. The van der Waals surface area contributed by atoms with Gasteiger partial charge in [0, 0.05) is 37.0 Å². The number of imidazole rings is 1. The van der Waals surface area contributed by atoms with Crippen molar-refractivity contribution in [3.05, 3.63) is 54.7 Å². The summed E-state index contributed by atoms with van der Waals surface area (Å²) in [6, 6.07) is 9.68. The SMILES string of the molecule is CCOC(=O)N1CCC(c2ncc(-c3cnc(Oc4ccccc4)nc3)[nH]2)C1. The van der Waals surface area contributed by atoms with E-state index in [-0.39, 0.29) is 18.0 Å². The van der Waals surface area contributed by atoms with E-state index in [1.54, 1.807) is 23.5 Å². The first-order valence-corrected chi connectivity index (χ1v) is 9.25. The molecule has 0 aliphatic carbocycles. The zero-order chi connectivity index (χ0) is 19.3. The summed E-state index contributed by atoms with van der Waals surface area (Å²) in [7, 11) is 0. The Labute approximate surface area is 162 Å². The average molecular weight is 379 g/mol. The van der Waals surface area contributed by atoms with Gasteiger partial charge in [-0.1, -0.05) is 18.2 Å². The molecule has 3 heterocycles. The van der Waals surface area contributed by atoms with Gasteiger partial charge in [0.2, 0.25) is 0 Å². The van der Waals surface area contributed by atoms with E-state index in [1.807, 2.05) is 37.3 Å². The van der Waals surface area contributed by atoms with Crippen LogP contribution in [0.5, 0.6) is 11.8 Å². The second-order valence-corrected chi connectivity index (χ2v) is 6.48. The Morgan fingerprint density at radius 1 is 1.18 bits per heavy atom.